The lowest BCUT2D eigenvalue weighted by Gasteiger charge is -2.20. The van der Waals surface area contributed by atoms with Crippen LogP contribution < -0.4 is 27.3 Å². The molecule has 0 aliphatic heterocycles. The van der Waals surface area contributed by atoms with Gasteiger partial charge in [0.15, 0.2) is 17.5 Å². The summed E-state index contributed by atoms with van der Waals surface area (Å²) in [5, 5.41) is 2.05. The van der Waals surface area contributed by atoms with Crippen molar-refractivity contribution in [1.29, 1.82) is 0 Å². The molecule has 0 fully saturated rings. The fourth-order valence-corrected chi connectivity index (χ4v) is 6.89. The predicted octanol–water partition coefficient (Wildman–Crippen LogP) is 1.40. The van der Waals surface area contributed by atoms with Crippen LogP contribution in [-0.4, -0.2) is 54.2 Å². The van der Waals surface area contributed by atoms with E-state index in [1.54, 1.807) is 0 Å². The number of fused-ring (bicyclic) bond motifs is 3. The molecule has 0 amide bonds. The first-order valence-electron chi connectivity index (χ1n) is 16.4. The standard InChI is InChI=1S/C39H30B5N3O/c40-32-30(33(41)35(43)36(44)34(32)42)25-18-19-28-27(20-25)31-26(12-7-13-29(31)48-28)39-46-37(23-10-5-2-6-11-23)45-38(47-39)24-16-14-22(15-17-24)21-8-3-1-4-9-21/h1-20H,40-44H2. The first-order valence-corrected chi connectivity index (χ1v) is 16.4. The highest BCUT2D eigenvalue weighted by Gasteiger charge is 2.20. The van der Waals surface area contributed by atoms with E-state index in [9.17, 15) is 0 Å². The molecule has 0 radical (unpaired) electrons. The number of benzene rings is 6. The lowest BCUT2D eigenvalue weighted by Crippen LogP contribution is -2.55. The Kier molecular flexibility index (Phi) is 7.41. The Labute approximate surface area is 284 Å². The van der Waals surface area contributed by atoms with E-state index in [1.807, 2.05) is 48.5 Å². The molecule has 0 spiro atoms. The van der Waals surface area contributed by atoms with Gasteiger partial charge in [-0.2, -0.15) is 0 Å². The Balaban J connectivity index is 1.33. The van der Waals surface area contributed by atoms with Crippen LogP contribution in [0.1, 0.15) is 0 Å². The summed E-state index contributed by atoms with van der Waals surface area (Å²) in [7, 11) is 11.1. The number of furan rings is 1. The van der Waals surface area contributed by atoms with E-state index in [2.05, 4.69) is 112 Å². The lowest BCUT2D eigenvalue weighted by atomic mass is 9.59. The Morgan fingerprint density at radius 2 is 0.896 bits per heavy atom. The first kappa shape index (κ1) is 29.8. The molecule has 0 saturated carbocycles. The second kappa shape index (κ2) is 11.9. The molecule has 0 saturated heterocycles. The van der Waals surface area contributed by atoms with Gasteiger partial charge in [0.1, 0.15) is 50.4 Å². The van der Waals surface area contributed by atoms with E-state index < -0.39 is 0 Å². The van der Waals surface area contributed by atoms with Gasteiger partial charge in [-0.05, 0) is 40.5 Å². The summed E-state index contributed by atoms with van der Waals surface area (Å²) in [6.45, 7) is 0. The molecule has 48 heavy (non-hydrogen) atoms. The zero-order valence-electron chi connectivity index (χ0n) is 27.8. The maximum atomic E-state index is 6.45. The fourth-order valence-electron chi connectivity index (χ4n) is 6.89. The minimum atomic E-state index is 0.610. The van der Waals surface area contributed by atoms with Crippen molar-refractivity contribution in [2.24, 2.45) is 0 Å². The van der Waals surface area contributed by atoms with Crippen LogP contribution in [0.3, 0.4) is 0 Å². The molecule has 222 valence electrons. The number of hydrogen-bond acceptors (Lipinski definition) is 4. The molecule has 0 aliphatic carbocycles. The van der Waals surface area contributed by atoms with Gasteiger partial charge in [0, 0.05) is 27.5 Å². The molecular formula is C39H30B5N3O. The van der Waals surface area contributed by atoms with Gasteiger partial charge < -0.3 is 4.42 Å². The summed E-state index contributed by atoms with van der Waals surface area (Å²) in [6, 6.07) is 41.6. The molecule has 0 N–H and O–H groups in total. The van der Waals surface area contributed by atoms with Crippen LogP contribution in [0.2, 0.25) is 0 Å². The minimum absolute atomic E-state index is 0.610. The first-order chi connectivity index (χ1) is 23.4. The Morgan fingerprint density at radius 3 is 1.54 bits per heavy atom. The summed E-state index contributed by atoms with van der Waals surface area (Å²) < 4.78 is 6.45. The van der Waals surface area contributed by atoms with Gasteiger partial charge in [0.05, 0.1) is 0 Å². The number of hydrogen-bond donors (Lipinski definition) is 0. The van der Waals surface area contributed by atoms with Gasteiger partial charge >= 0.3 is 0 Å². The van der Waals surface area contributed by atoms with Gasteiger partial charge in [-0.3, -0.25) is 0 Å². The van der Waals surface area contributed by atoms with Crippen molar-refractivity contribution >= 4 is 88.5 Å². The Hall–Kier alpha value is -5.55. The lowest BCUT2D eigenvalue weighted by molar-refractivity contribution is 0.669. The quantitative estimate of drug-likeness (QED) is 0.277. The van der Waals surface area contributed by atoms with Crippen LogP contribution in [-0.2, 0) is 0 Å². The van der Waals surface area contributed by atoms with E-state index in [0.29, 0.717) is 17.5 Å². The van der Waals surface area contributed by atoms with Crippen LogP contribution in [0.4, 0.5) is 0 Å². The molecule has 0 atom stereocenters. The van der Waals surface area contributed by atoms with Crippen LogP contribution in [0, 0.1) is 0 Å². The molecule has 2 aromatic heterocycles. The van der Waals surface area contributed by atoms with E-state index in [1.165, 1.54) is 44.0 Å². The second-order valence-electron chi connectivity index (χ2n) is 12.6. The van der Waals surface area contributed by atoms with Crippen LogP contribution in [0.5, 0.6) is 0 Å². The van der Waals surface area contributed by atoms with Crippen molar-refractivity contribution in [2.75, 3.05) is 0 Å². The molecule has 6 aromatic carbocycles. The Bertz CT molecular complexity index is 2470. The molecule has 0 bridgehead atoms. The molecule has 0 aliphatic rings. The van der Waals surface area contributed by atoms with E-state index in [4.69, 9.17) is 19.4 Å². The van der Waals surface area contributed by atoms with Crippen molar-refractivity contribution < 1.29 is 4.42 Å². The summed E-state index contributed by atoms with van der Waals surface area (Å²) in [5.41, 5.74) is 15.9. The number of aromatic nitrogens is 3. The molecule has 2 heterocycles. The zero-order valence-corrected chi connectivity index (χ0v) is 27.8. The van der Waals surface area contributed by atoms with Gasteiger partial charge in [-0.1, -0.05) is 114 Å². The maximum Gasteiger partial charge on any atom is 0.164 e. The van der Waals surface area contributed by atoms with Crippen molar-refractivity contribution in [1.82, 2.24) is 15.0 Å². The molecule has 0 unspecified atom stereocenters. The SMILES string of the molecule is Bc1c(B)c(B)c(-c2ccc3oc4cccc(-c5nc(-c6ccccc6)nc(-c6ccc(-c7ccccc7)cc6)n5)c4c3c2)c(B)c1B. The molecule has 8 rings (SSSR count). The fraction of sp³-hybridized carbons (Fsp3) is 0. The van der Waals surface area contributed by atoms with Crippen LogP contribution in [0.25, 0.3) is 78.4 Å². The summed E-state index contributed by atoms with van der Waals surface area (Å²) in [5.74, 6) is 1.87. The second-order valence-corrected chi connectivity index (χ2v) is 12.6. The third kappa shape index (κ3) is 5.07. The van der Waals surface area contributed by atoms with E-state index >= 15 is 0 Å². The van der Waals surface area contributed by atoms with Crippen LogP contribution in [0.15, 0.2) is 126 Å². The van der Waals surface area contributed by atoms with E-state index in [-0.39, 0.29) is 0 Å². The molecule has 4 nitrogen and oxygen atoms in total. The average Bonchev–Trinajstić information content (AvgIpc) is 3.52. The monoisotopic (exact) mass is 611 g/mol. The largest absolute Gasteiger partial charge is 0.456 e. The zero-order chi connectivity index (χ0) is 32.9. The van der Waals surface area contributed by atoms with Gasteiger partial charge in [0.25, 0.3) is 0 Å². The van der Waals surface area contributed by atoms with Crippen molar-refractivity contribution in [2.45, 2.75) is 0 Å². The third-order valence-corrected chi connectivity index (χ3v) is 9.94. The van der Waals surface area contributed by atoms with Gasteiger partial charge in [-0.25, -0.2) is 15.0 Å². The van der Waals surface area contributed by atoms with Crippen LogP contribution >= 0.6 is 0 Å². The van der Waals surface area contributed by atoms with Crippen molar-refractivity contribution in [3.05, 3.63) is 121 Å². The minimum Gasteiger partial charge on any atom is -0.456 e. The number of rotatable bonds is 5. The smallest absolute Gasteiger partial charge is 0.164 e. The molecule has 9 heteroatoms. The molecular weight excluding hydrogens is 581 g/mol. The highest BCUT2D eigenvalue weighted by molar-refractivity contribution is 6.68. The third-order valence-electron chi connectivity index (χ3n) is 9.94. The van der Waals surface area contributed by atoms with Crippen molar-refractivity contribution in [3.63, 3.8) is 0 Å². The average molecular weight is 611 g/mol. The number of nitrogens with zero attached hydrogens (tertiary/aromatic N) is 3. The molecule has 8 aromatic rings. The normalized spacial score (nSPS) is 11.3. The summed E-state index contributed by atoms with van der Waals surface area (Å²) in [6.07, 6.45) is 0. The van der Waals surface area contributed by atoms with Gasteiger partial charge in [0.2, 0.25) is 0 Å². The topological polar surface area (TPSA) is 51.8 Å². The predicted molar refractivity (Wildman–Crippen MR) is 215 cm³/mol. The Morgan fingerprint density at radius 1 is 0.396 bits per heavy atom. The summed E-state index contributed by atoms with van der Waals surface area (Å²) >= 11 is 0. The van der Waals surface area contributed by atoms with Crippen molar-refractivity contribution in [3.8, 4) is 56.4 Å². The van der Waals surface area contributed by atoms with Gasteiger partial charge in [-0.15, -0.1) is 16.4 Å². The maximum absolute atomic E-state index is 6.45. The summed E-state index contributed by atoms with van der Waals surface area (Å²) in [4.78, 5) is 15.2. The highest BCUT2D eigenvalue weighted by atomic mass is 16.3. The van der Waals surface area contributed by atoms with E-state index in [0.717, 1.165) is 44.2 Å². The highest BCUT2D eigenvalue weighted by Crippen LogP contribution is 2.38.